The zero-order chi connectivity index (χ0) is 16.0. The van der Waals surface area contributed by atoms with E-state index in [-0.39, 0.29) is 31.2 Å². The summed E-state index contributed by atoms with van der Waals surface area (Å²) in [5.41, 5.74) is 5.76. The Morgan fingerprint density at radius 1 is 1.48 bits per heavy atom. The molecule has 1 fully saturated rings. The summed E-state index contributed by atoms with van der Waals surface area (Å²) < 4.78 is 27.5. The fourth-order valence-electron chi connectivity index (χ4n) is 2.05. The SMILES string of the molecule is CCNC(=O)C1COCCN1C(=O)C(N)CCS(C)(=O)=O. The smallest absolute Gasteiger partial charge is 0.245 e. The normalized spacial score (nSPS) is 20.9. The molecule has 0 saturated carbocycles. The summed E-state index contributed by atoms with van der Waals surface area (Å²) in [6.07, 6.45) is 1.13. The summed E-state index contributed by atoms with van der Waals surface area (Å²) in [4.78, 5) is 25.6. The quantitative estimate of drug-likeness (QED) is 0.590. The first-order valence-electron chi connectivity index (χ1n) is 6.85. The molecule has 1 aliphatic rings. The van der Waals surface area contributed by atoms with Crippen molar-refractivity contribution in [3.05, 3.63) is 0 Å². The van der Waals surface area contributed by atoms with Crippen LogP contribution in [0.1, 0.15) is 13.3 Å². The molecular formula is C12H23N3O5S. The molecule has 8 nitrogen and oxygen atoms in total. The van der Waals surface area contributed by atoms with Crippen molar-refractivity contribution in [2.24, 2.45) is 5.73 Å². The monoisotopic (exact) mass is 321 g/mol. The second-order valence-corrected chi connectivity index (χ2v) is 7.30. The van der Waals surface area contributed by atoms with Crippen LogP contribution < -0.4 is 11.1 Å². The molecule has 0 aromatic rings. The molecule has 21 heavy (non-hydrogen) atoms. The minimum absolute atomic E-state index is 0.0388. The summed E-state index contributed by atoms with van der Waals surface area (Å²) in [7, 11) is -3.18. The third-order valence-corrected chi connectivity index (χ3v) is 4.16. The van der Waals surface area contributed by atoms with Crippen LogP contribution in [0.3, 0.4) is 0 Å². The van der Waals surface area contributed by atoms with Gasteiger partial charge in [0, 0.05) is 19.3 Å². The van der Waals surface area contributed by atoms with Gasteiger partial charge in [-0.25, -0.2) is 8.42 Å². The molecule has 0 spiro atoms. The van der Waals surface area contributed by atoms with E-state index in [0.717, 1.165) is 6.26 Å². The van der Waals surface area contributed by atoms with Crippen LogP contribution in [0.25, 0.3) is 0 Å². The van der Waals surface area contributed by atoms with E-state index in [9.17, 15) is 18.0 Å². The molecule has 2 unspecified atom stereocenters. The maximum Gasteiger partial charge on any atom is 0.245 e. The third kappa shape index (κ3) is 5.60. The Kier molecular flexibility index (Phi) is 6.56. The van der Waals surface area contributed by atoms with Gasteiger partial charge in [0.15, 0.2) is 0 Å². The van der Waals surface area contributed by atoms with Crippen LogP contribution in [0.5, 0.6) is 0 Å². The van der Waals surface area contributed by atoms with Crippen LogP contribution in [0, 0.1) is 0 Å². The van der Waals surface area contributed by atoms with E-state index in [4.69, 9.17) is 10.5 Å². The predicted octanol–water partition coefficient (Wildman–Crippen LogP) is -1.89. The molecule has 3 N–H and O–H groups in total. The molecule has 2 atom stereocenters. The lowest BCUT2D eigenvalue weighted by molar-refractivity contribution is -0.149. The zero-order valence-corrected chi connectivity index (χ0v) is 13.2. The highest BCUT2D eigenvalue weighted by Gasteiger charge is 2.34. The van der Waals surface area contributed by atoms with Crippen molar-refractivity contribution < 1.29 is 22.7 Å². The number of morpholine rings is 1. The van der Waals surface area contributed by atoms with E-state index >= 15 is 0 Å². The fourth-order valence-corrected chi connectivity index (χ4v) is 2.74. The van der Waals surface area contributed by atoms with Crippen molar-refractivity contribution in [3.8, 4) is 0 Å². The molecule has 9 heteroatoms. The number of nitrogens with one attached hydrogen (secondary N) is 1. The highest BCUT2D eigenvalue weighted by Crippen LogP contribution is 2.10. The summed E-state index contributed by atoms with van der Waals surface area (Å²) >= 11 is 0. The minimum atomic E-state index is -3.18. The number of sulfone groups is 1. The number of nitrogens with zero attached hydrogens (tertiary/aromatic N) is 1. The van der Waals surface area contributed by atoms with E-state index in [1.165, 1.54) is 4.90 Å². The number of amides is 2. The summed E-state index contributed by atoms with van der Waals surface area (Å²) in [5, 5.41) is 2.65. The second-order valence-electron chi connectivity index (χ2n) is 5.04. The van der Waals surface area contributed by atoms with E-state index in [2.05, 4.69) is 5.32 Å². The Bertz CT molecular complexity index is 479. The van der Waals surface area contributed by atoms with Crippen LogP contribution in [0.2, 0.25) is 0 Å². The molecule has 0 bridgehead atoms. The van der Waals surface area contributed by atoms with Gasteiger partial charge in [-0.05, 0) is 13.3 Å². The average molecular weight is 321 g/mol. The number of hydrogen-bond donors (Lipinski definition) is 2. The molecule has 1 saturated heterocycles. The van der Waals surface area contributed by atoms with Gasteiger partial charge in [0.25, 0.3) is 0 Å². The largest absolute Gasteiger partial charge is 0.377 e. The van der Waals surface area contributed by atoms with Crippen LogP contribution in [-0.4, -0.2) is 75.5 Å². The molecule has 1 aliphatic heterocycles. The average Bonchev–Trinajstić information content (AvgIpc) is 2.43. The lowest BCUT2D eigenvalue weighted by Crippen LogP contribution is -2.59. The number of nitrogens with two attached hydrogens (primary N) is 1. The highest BCUT2D eigenvalue weighted by molar-refractivity contribution is 7.90. The Hall–Kier alpha value is -1.19. The summed E-state index contributed by atoms with van der Waals surface area (Å²) in [5.74, 6) is -0.866. The zero-order valence-electron chi connectivity index (χ0n) is 12.4. The number of carbonyl (C=O) groups is 2. The Labute approximate surface area is 124 Å². The highest BCUT2D eigenvalue weighted by atomic mass is 32.2. The minimum Gasteiger partial charge on any atom is -0.377 e. The molecule has 0 aliphatic carbocycles. The third-order valence-electron chi connectivity index (χ3n) is 3.18. The van der Waals surface area contributed by atoms with Gasteiger partial charge in [-0.15, -0.1) is 0 Å². The van der Waals surface area contributed by atoms with E-state index in [0.29, 0.717) is 13.2 Å². The first-order chi connectivity index (χ1) is 9.76. The molecule has 1 rings (SSSR count). The van der Waals surface area contributed by atoms with Crippen LogP contribution >= 0.6 is 0 Å². The lowest BCUT2D eigenvalue weighted by Gasteiger charge is -2.36. The van der Waals surface area contributed by atoms with Gasteiger partial charge in [0.2, 0.25) is 11.8 Å². The standard InChI is InChI=1S/C12H23N3O5S/c1-3-14-11(16)10-8-20-6-5-15(10)12(17)9(13)4-7-21(2,18)19/h9-10H,3-8,13H2,1-2H3,(H,14,16). The van der Waals surface area contributed by atoms with Crippen LogP contribution in [0.15, 0.2) is 0 Å². The maximum absolute atomic E-state index is 12.3. The van der Waals surface area contributed by atoms with Crippen molar-refractivity contribution in [2.45, 2.75) is 25.4 Å². The van der Waals surface area contributed by atoms with E-state index < -0.39 is 27.8 Å². The van der Waals surface area contributed by atoms with Crippen molar-refractivity contribution in [2.75, 3.05) is 38.3 Å². The van der Waals surface area contributed by atoms with E-state index in [1.807, 2.05) is 0 Å². The first-order valence-corrected chi connectivity index (χ1v) is 8.91. The Morgan fingerprint density at radius 2 is 2.14 bits per heavy atom. The number of likely N-dealkylation sites (N-methyl/N-ethyl adjacent to an activating group) is 1. The van der Waals surface area contributed by atoms with E-state index in [1.54, 1.807) is 6.92 Å². The topological polar surface area (TPSA) is 119 Å². The first kappa shape index (κ1) is 17.9. The fraction of sp³-hybridized carbons (Fsp3) is 0.833. The van der Waals surface area contributed by atoms with Crippen molar-refractivity contribution in [3.63, 3.8) is 0 Å². The number of hydrogen-bond acceptors (Lipinski definition) is 6. The van der Waals surface area contributed by atoms with Crippen molar-refractivity contribution in [1.82, 2.24) is 10.2 Å². The number of rotatable bonds is 6. The van der Waals surface area contributed by atoms with Crippen molar-refractivity contribution >= 4 is 21.7 Å². The van der Waals surface area contributed by atoms with Gasteiger partial charge in [-0.2, -0.15) is 0 Å². The molecule has 122 valence electrons. The lowest BCUT2D eigenvalue weighted by atomic mass is 10.1. The molecule has 2 amide bonds. The Morgan fingerprint density at radius 3 is 2.71 bits per heavy atom. The molecular weight excluding hydrogens is 298 g/mol. The van der Waals surface area contributed by atoms with Gasteiger partial charge < -0.3 is 20.7 Å². The van der Waals surface area contributed by atoms with Gasteiger partial charge in [0.1, 0.15) is 15.9 Å². The molecule has 0 aromatic carbocycles. The second kappa shape index (κ2) is 7.71. The summed E-state index contributed by atoms with van der Waals surface area (Å²) in [6.45, 7) is 2.97. The van der Waals surface area contributed by atoms with Gasteiger partial charge in [0.05, 0.1) is 25.0 Å². The molecule has 0 aromatic heterocycles. The van der Waals surface area contributed by atoms with Crippen LogP contribution in [0.4, 0.5) is 0 Å². The number of ether oxygens (including phenoxy) is 1. The Balaban J connectivity index is 2.70. The summed E-state index contributed by atoms with van der Waals surface area (Å²) in [6, 6.07) is -1.65. The number of carbonyl (C=O) groups excluding carboxylic acids is 2. The molecule has 0 radical (unpaired) electrons. The maximum atomic E-state index is 12.3. The van der Waals surface area contributed by atoms with Gasteiger partial charge in [-0.1, -0.05) is 0 Å². The van der Waals surface area contributed by atoms with Gasteiger partial charge in [-0.3, -0.25) is 9.59 Å². The predicted molar refractivity (Wildman–Crippen MR) is 77.3 cm³/mol. The van der Waals surface area contributed by atoms with Gasteiger partial charge >= 0.3 is 0 Å². The molecule has 1 heterocycles. The van der Waals surface area contributed by atoms with Crippen LogP contribution in [-0.2, 0) is 24.2 Å². The van der Waals surface area contributed by atoms with Crippen molar-refractivity contribution in [1.29, 1.82) is 0 Å².